The Labute approximate surface area is 129 Å². The molecule has 1 heterocycles. The van der Waals surface area contributed by atoms with Crippen LogP contribution in [0.2, 0.25) is 5.02 Å². The van der Waals surface area contributed by atoms with Gasteiger partial charge in [-0.25, -0.2) is 0 Å². The SMILES string of the molecule is Cc1ccc(Cl)cc1NC(=O)C1Cc2ccccc2CN1. The molecule has 0 aromatic heterocycles. The van der Waals surface area contributed by atoms with Crippen molar-refractivity contribution in [3.05, 3.63) is 64.2 Å². The van der Waals surface area contributed by atoms with Crippen molar-refractivity contribution in [3.8, 4) is 0 Å². The predicted molar refractivity (Wildman–Crippen MR) is 85.6 cm³/mol. The van der Waals surface area contributed by atoms with Gasteiger partial charge in [-0.15, -0.1) is 0 Å². The van der Waals surface area contributed by atoms with Crippen LogP contribution in [0.25, 0.3) is 0 Å². The molecule has 0 fully saturated rings. The summed E-state index contributed by atoms with van der Waals surface area (Å²) in [6.07, 6.45) is 0.710. The van der Waals surface area contributed by atoms with Gasteiger partial charge in [-0.2, -0.15) is 0 Å². The number of amides is 1. The minimum absolute atomic E-state index is 0.0186. The average Bonchev–Trinajstić information content (AvgIpc) is 2.50. The summed E-state index contributed by atoms with van der Waals surface area (Å²) < 4.78 is 0. The first-order chi connectivity index (χ1) is 10.1. The number of benzene rings is 2. The lowest BCUT2D eigenvalue weighted by molar-refractivity contribution is -0.118. The van der Waals surface area contributed by atoms with E-state index in [4.69, 9.17) is 11.6 Å². The maximum absolute atomic E-state index is 12.4. The lowest BCUT2D eigenvalue weighted by Gasteiger charge is -2.25. The molecule has 0 aliphatic carbocycles. The minimum Gasteiger partial charge on any atom is -0.324 e. The number of aryl methyl sites for hydroxylation is 1. The molecule has 21 heavy (non-hydrogen) atoms. The van der Waals surface area contributed by atoms with Crippen molar-refractivity contribution in [2.24, 2.45) is 0 Å². The summed E-state index contributed by atoms with van der Waals surface area (Å²) >= 11 is 5.99. The van der Waals surface area contributed by atoms with E-state index in [-0.39, 0.29) is 11.9 Å². The zero-order valence-electron chi connectivity index (χ0n) is 11.8. The summed E-state index contributed by atoms with van der Waals surface area (Å²) in [5.41, 5.74) is 4.27. The highest BCUT2D eigenvalue weighted by Crippen LogP contribution is 2.22. The maximum atomic E-state index is 12.4. The van der Waals surface area contributed by atoms with Crippen LogP contribution in [0.1, 0.15) is 16.7 Å². The number of hydrogen-bond acceptors (Lipinski definition) is 2. The zero-order chi connectivity index (χ0) is 14.8. The van der Waals surface area contributed by atoms with Gasteiger partial charge >= 0.3 is 0 Å². The lowest BCUT2D eigenvalue weighted by Crippen LogP contribution is -2.44. The molecule has 3 rings (SSSR count). The van der Waals surface area contributed by atoms with Crippen LogP contribution in [0.3, 0.4) is 0 Å². The first kappa shape index (κ1) is 14.1. The second kappa shape index (κ2) is 5.88. The van der Waals surface area contributed by atoms with E-state index in [0.29, 0.717) is 11.4 Å². The fourth-order valence-corrected chi connectivity index (χ4v) is 2.76. The first-order valence-electron chi connectivity index (χ1n) is 7.00. The molecule has 2 aromatic carbocycles. The molecular weight excluding hydrogens is 284 g/mol. The van der Waals surface area contributed by atoms with E-state index in [2.05, 4.69) is 22.8 Å². The first-order valence-corrected chi connectivity index (χ1v) is 7.38. The monoisotopic (exact) mass is 300 g/mol. The number of carbonyl (C=O) groups is 1. The Balaban J connectivity index is 1.74. The fourth-order valence-electron chi connectivity index (χ4n) is 2.59. The number of fused-ring (bicyclic) bond motifs is 1. The van der Waals surface area contributed by atoms with Gasteiger partial charge in [0.15, 0.2) is 0 Å². The number of anilines is 1. The third-order valence-electron chi connectivity index (χ3n) is 3.86. The van der Waals surface area contributed by atoms with Crippen LogP contribution >= 0.6 is 11.6 Å². The molecule has 0 saturated heterocycles. The number of carbonyl (C=O) groups excluding carboxylic acids is 1. The van der Waals surface area contributed by atoms with Gasteiger partial charge in [0.05, 0.1) is 6.04 Å². The van der Waals surface area contributed by atoms with Crippen LogP contribution in [-0.2, 0) is 17.8 Å². The highest BCUT2D eigenvalue weighted by Gasteiger charge is 2.24. The molecule has 1 atom stereocenters. The van der Waals surface area contributed by atoms with Crippen LogP contribution in [-0.4, -0.2) is 11.9 Å². The van der Waals surface area contributed by atoms with Crippen molar-refractivity contribution in [2.75, 3.05) is 5.32 Å². The Morgan fingerprint density at radius 1 is 1.24 bits per heavy atom. The third kappa shape index (κ3) is 3.09. The standard InChI is InChI=1S/C17H17ClN2O/c1-11-6-7-14(18)9-15(11)20-17(21)16-8-12-4-2-3-5-13(12)10-19-16/h2-7,9,16,19H,8,10H2,1H3,(H,20,21). The van der Waals surface area contributed by atoms with Crippen molar-refractivity contribution >= 4 is 23.2 Å². The molecule has 1 aliphatic heterocycles. The molecule has 0 spiro atoms. The Hall–Kier alpha value is -1.84. The summed E-state index contributed by atoms with van der Waals surface area (Å²) in [6.45, 7) is 2.68. The molecule has 1 unspecified atom stereocenters. The fraction of sp³-hybridized carbons (Fsp3) is 0.235. The van der Waals surface area contributed by atoms with E-state index in [0.717, 1.165) is 17.8 Å². The van der Waals surface area contributed by atoms with E-state index in [9.17, 15) is 4.79 Å². The summed E-state index contributed by atoms with van der Waals surface area (Å²) in [5.74, 6) is -0.0186. The van der Waals surface area contributed by atoms with Gasteiger partial charge in [0.25, 0.3) is 0 Å². The second-order valence-electron chi connectivity index (χ2n) is 5.35. The topological polar surface area (TPSA) is 41.1 Å². The average molecular weight is 301 g/mol. The van der Waals surface area contributed by atoms with Crippen molar-refractivity contribution in [3.63, 3.8) is 0 Å². The van der Waals surface area contributed by atoms with Gasteiger partial charge in [0, 0.05) is 17.3 Å². The number of hydrogen-bond donors (Lipinski definition) is 2. The van der Waals surface area contributed by atoms with E-state index in [1.165, 1.54) is 11.1 Å². The summed E-state index contributed by atoms with van der Waals surface area (Å²) in [4.78, 5) is 12.4. The molecule has 108 valence electrons. The van der Waals surface area contributed by atoms with Crippen molar-refractivity contribution in [1.82, 2.24) is 5.32 Å². The Bertz CT molecular complexity index is 684. The largest absolute Gasteiger partial charge is 0.324 e. The van der Waals surface area contributed by atoms with Gasteiger partial charge in [-0.1, -0.05) is 41.9 Å². The maximum Gasteiger partial charge on any atom is 0.241 e. The van der Waals surface area contributed by atoms with E-state index >= 15 is 0 Å². The van der Waals surface area contributed by atoms with Crippen molar-refractivity contribution in [2.45, 2.75) is 25.9 Å². The molecule has 2 N–H and O–H groups in total. The van der Waals surface area contributed by atoms with Gasteiger partial charge in [0.1, 0.15) is 0 Å². The molecule has 1 aliphatic rings. The van der Waals surface area contributed by atoms with Gasteiger partial charge < -0.3 is 10.6 Å². The predicted octanol–water partition coefficient (Wildman–Crippen LogP) is 3.30. The van der Waals surface area contributed by atoms with E-state index < -0.39 is 0 Å². The van der Waals surface area contributed by atoms with Gasteiger partial charge in [-0.05, 0) is 42.2 Å². The van der Waals surface area contributed by atoms with E-state index in [1.807, 2.05) is 31.2 Å². The van der Waals surface area contributed by atoms with Crippen molar-refractivity contribution in [1.29, 1.82) is 0 Å². The Morgan fingerprint density at radius 3 is 2.81 bits per heavy atom. The molecule has 2 aromatic rings. The lowest BCUT2D eigenvalue weighted by atomic mass is 9.95. The molecule has 1 amide bonds. The van der Waals surface area contributed by atoms with Gasteiger partial charge in [0.2, 0.25) is 5.91 Å². The van der Waals surface area contributed by atoms with Crippen LogP contribution < -0.4 is 10.6 Å². The Kier molecular flexibility index (Phi) is 3.95. The van der Waals surface area contributed by atoms with Crippen LogP contribution in [0.5, 0.6) is 0 Å². The number of halogens is 1. The third-order valence-corrected chi connectivity index (χ3v) is 4.09. The summed E-state index contributed by atoms with van der Waals surface area (Å²) in [5, 5.41) is 6.87. The molecule has 0 saturated carbocycles. The molecule has 3 nitrogen and oxygen atoms in total. The van der Waals surface area contributed by atoms with Crippen LogP contribution in [0.4, 0.5) is 5.69 Å². The second-order valence-corrected chi connectivity index (χ2v) is 5.79. The summed E-state index contributed by atoms with van der Waals surface area (Å²) in [7, 11) is 0. The molecule has 0 radical (unpaired) electrons. The highest BCUT2D eigenvalue weighted by molar-refractivity contribution is 6.31. The minimum atomic E-state index is -0.210. The van der Waals surface area contributed by atoms with Crippen molar-refractivity contribution < 1.29 is 4.79 Å². The smallest absolute Gasteiger partial charge is 0.241 e. The Morgan fingerprint density at radius 2 is 2.00 bits per heavy atom. The van der Waals surface area contributed by atoms with Gasteiger partial charge in [-0.3, -0.25) is 4.79 Å². The van der Waals surface area contributed by atoms with Crippen LogP contribution in [0.15, 0.2) is 42.5 Å². The summed E-state index contributed by atoms with van der Waals surface area (Å²) in [6, 6.07) is 13.5. The van der Waals surface area contributed by atoms with E-state index in [1.54, 1.807) is 6.07 Å². The van der Waals surface area contributed by atoms with Crippen LogP contribution in [0, 0.1) is 6.92 Å². The number of rotatable bonds is 2. The number of nitrogens with one attached hydrogen (secondary N) is 2. The molecule has 4 heteroatoms. The highest BCUT2D eigenvalue weighted by atomic mass is 35.5. The zero-order valence-corrected chi connectivity index (χ0v) is 12.6. The molecular formula is C17H17ClN2O. The normalized spacial score (nSPS) is 17.1. The molecule has 0 bridgehead atoms. The quantitative estimate of drug-likeness (QED) is 0.893.